The van der Waals surface area contributed by atoms with Crippen LogP contribution in [0.25, 0.3) is 0 Å². The second-order valence-corrected chi connectivity index (χ2v) is 4.33. The number of halogens is 1. The minimum absolute atomic E-state index is 0.0576. The summed E-state index contributed by atoms with van der Waals surface area (Å²) in [5, 5.41) is 0. The second-order valence-electron chi connectivity index (χ2n) is 4.33. The Bertz CT molecular complexity index is 423. The van der Waals surface area contributed by atoms with Crippen LogP contribution in [-0.4, -0.2) is 51.5 Å². The molecule has 0 aliphatic carbocycles. The molecule has 2 rings (SSSR count). The summed E-state index contributed by atoms with van der Waals surface area (Å²) in [4.78, 5) is 2.25. The maximum Gasteiger partial charge on any atom is 0.163 e. The van der Waals surface area contributed by atoms with Gasteiger partial charge in [0.1, 0.15) is 12.4 Å². The fraction of sp³-hybridized carbons (Fsp3) is 0.538. The Morgan fingerprint density at radius 3 is 2.74 bits per heavy atom. The minimum atomic E-state index is -0.502. The van der Waals surface area contributed by atoms with E-state index < -0.39 is 5.82 Å². The van der Waals surface area contributed by atoms with E-state index >= 15 is 0 Å². The lowest BCUT2D eigenvalue weighted by Gasteiger charge is -2.26. The zero-order valence-corrected chi connectivity index (χ0v) is 11.0. The van der Waals surface area contributed by atoms with Crippen LogP contribution in [0.5, 0.6) is 11.5 Å². The van der Waals surface area contributed by atoms with Crippen LogP contribution < -0.4 is 15.2 Å². The average molecular weight is 270 g/mol. The molecule has 19 heavy (non-hydrogen) atoms. The van der Waals surface area contributed by atoms with Gasteiger partial charge < -0.3 is 19.9 Å². The van der Waals surface area contributed by atoms with Gasteiger partial charge in [0.15, 0.2) is 11.5 Å². The molecule has 0 aromatic heterocycles. The van der Waals surface area contributed by atoms with Crippen LogP contribution in [0.3, 0.4) is 0 Å². The third-order valence-electron chi connectivity index (χ3n) is 3.05. The van der Waals surface area contributed by atoms with Gasteiger partial charge in [0, 0.05) is 31.8 Å². The molecule has 5 nitrogen and oxygen atoms in total. The Kier molecular flexibility index (Phi) is 4.81. The van der Waals surface area contributed by atoms with Crippen LogP contribution in [0.2, 0.25) is 0 Å². The number of morpholine rings is 1. The van der Waals surface area contributed by atoms with Crippen molar-refractivity contribution >= 4 is 5.69 Å². The first-order valence-electron chi connectivity index (χ1n) is 6.26. The standard InChI is InChI=1S/C13H19FN2O3/c1-17-12-8-10(14)11(15)9-13(12)19-7-4-16-2-5-18-6-3-16/h8-9H,2-7,15H2,1H3. The summed E-state index contributed by atoms with van der Waals surface area (Å²) in [5.41, 5.74) is 5.58. The quantitative estimate of drug-likeness (QED) is 0.813. The molecular formula is C13H19FN2O3. The predicted octanol–water partition coefficient (Wildman–Crippen LogP) is 1.13. The number of nitrogens with zero attached hydrogens (tertiary/aromatic N) is 1. The van der Waals surface area contributed by atoms with Crippen molar-refractivity contribution in [2.75, 3.05) is 52.3 Å². The first kappa shape index (κ1) is 13.9. The van der Waals surface area contributed by atoms with E-state index in [1.54, 1.807) is 0 Å². The molecule has 6 heteroatoms. The highest BCUT2D eigenvalue weighted by molar-refractivity contribution is 5.53. The van der Waals surface area contributed by atoms with E-state index in [-0.39, 0.29) is 5.69 Å². The summed E-state index contributed by atoms with van der Waals surface area (Å²) in [6.07, 6.45) is 0. The van der Waals surface area contributed by atoms with E-state index in [2.05, 4.69) is 4.90 Å². The Balaban J connectivity index is 1.89. The zero-order valence-electron chi connectivity index (χ0n) is 11.0. The van der Waals surface area contributed by atoms with Gasteiger partial charge in [0.25, 0.3) is 0 Å². The molecule has 0 bridgehead atoms. The fourth-order valence-electron chi connectivity index (χ4n) is 1.93. The lowest BCUT2D eigenvalue weighted by atomic mass is 10.2. The van der Waals surface area contributed by atoms with Crippen molar-refractivity contribution < 1.29 is 18.6 Å². The number of nitrogen functional groups attached to an aromatic ring is 1. The van der Waals surface area contributed by atoms with Crippen molar-refractivity contribution in [3.8, 4) is 11.5 Å². The molecule has 0 unspecified atom stereocenters. The third kappa shape index (κ3) is 3.71. The largest absolute Gasteiger partial charge is 0.493 e. The molecule has 0 saturated carbocycles. The number of nitrogens with two attached hydrogens (primary N) is 1. The molecule has 0 spiro atoms. The molecule has 1 aromatic carbocycles. The summed E-state index contributed by atoms with van der Waals surface area (Å²) in [6.45, 7) is 4.63. The molecule has 1 aromatic rings. The van der Waals surface area contributed by atoms with Crippen molar-refractivity contribution in [3.05, 3.63) is 17.9 Å². The first-order chi connectivity index (χ1) is 9.20. The van der Waals surface area contributed by atoms with Crippen molar-refractivity contribution in [3.63, 3.8) is 0 Å². The van der Waals surface area contributed by atoms with Gasteiger partial charge in [-0.15, -0.1) is 0 Å². The Morgan fingerprint density at radius 2 is 2.05 bits per heavy atom. The van der Waals surface area contributed by atoms with Gasteiger partial charge in [-0.2, -0.15) is 0 Å². The lowest BCUT2D eigenvalue weighted by molar-refractivity contribution is 0.0321. The predicted molar refractivity (Wildman–Crippen MR) is 70.1 cm³/mol. The maximum atomic E-state index is 13.3. The van der Waals surface area contributed by atoms with Gasteiger partial charge in [0.05, 0.1) is 26.0 Å². The molecule has 1 aliphatic heterocycles. The van der Waals surface area contributed by atoms with Crippen LogP contribution in [0, 0.1) is 5.82 Å². The van der Waals surface area contributed by atoms with Crippen LogP contribution >= 0.6 is 0 Å². The number of anilines is 1. The van der Waals surface area contributed by atoms with E-state index in [1.807, 2.05) is 0 Å². The van der Waals surface area contributed by atoms with Crippen molar-refractivity contribution in [2.45, 2.75) is 0 Å². The van der Waals surface area contributed by atoms with Gasteiger partial charge in [0.2, 0.25) is 0 Å². The molecular weight excluding hydrogens is 251 g/mol. The maximum absolute atomic E-state index is 13.3. The lowest BCUT2D eigenvalue weighted by Crippen LogP contribution is -2.38. The first-order valence-corrected chi connectivity index (χ1v) is 6.26. The molecule has 1 heterocycles. The zero-order chi connectivity index (χ0) is 13.7. The molecule has 1 fully saturated rings. The molecule has 0 amide bonds. The summed E-state index contributed by atoms with van der Waals surface area (Å²) < 4.78 is 29.2. The monoisotopic (exact) mass is 270 g/mol. The normalized spacial score (nSPS) is 16.3. The number of hydrogen-bond acceptors (Lipinski definition) is 5. The van der Waals surface area contributed by atoms with Crippen molar-refractivity contribution in [2.24, 2.45) is 0 Å². The highest BCUT2D eigenvalue weighted by atomic mass is 19.1. The van der Waals surface area contributed by atoms with Gasteiger partial charge >= 0.3 is 0 Å². The summed E-state index contributed by atoms with van der Waals surface area (Å²) in [7, 11) is 1.47. The fourth-order valence-corrected chi connectivity index (χ4v) is 1.93. The van der Waals surface area contributed by atoms with Crippen LogP contribution in [-0.2, 0) is 4.74 Å². The van der Waals surface area contributed by atoms with E-state index in [0.717, 1.165) is 32.8 Å². The summed E-state index contributed by atoms with van der Waals surface area (Å²) >= 11 is 0. The van der Waals surface area contributed by atoms with Crippen molar-refractivity contribution in [1.82, 2.24) is 4.90 Å². The van der Waals surface area contributed by atoms with E-state index in [4.69, 9.17) is 19.9 Å². The van der Waals surface area contributed by atoms with Gasteiger partial charge in [-0.25, -0.2) is 4.39 Å². The molecule has 106 valence electrons. The van der Waals surface area contributed by atoms with E-state index in [1.165, 1.54) is 19.2 Å². The van der Waals surface area contributed by atoms with Crippen LogP contribution in [0.4, 0.5) is 10.1 Å². The number of hydrogen-bond donors (Lipinski definition) is 1. The number of methoxy groups -OCH3 is 1. The second kappa shape index (κ2) is 6.58. The van der Waals surface area contributed by atoms with Gasteiger partial charge in [-0.3, -0.25) is 4.90 Å². The average Bonchev–Trinajstić information content (AvgIpc) is 2.43. The highest BCUT2D eigenvalue weighted by Gasteiger charge is 2.12. The Hall–Kier alpha value is -1.53. The molecule has 1 saturated heterocycles. The number of benzene rings is 1. The van der Waals surface area contributed by atoms with Crippen molar-refractivity contribution in [1.29, 1.82) is 0 Å². The summed E-state index contributed by atoms with van der Waals surface area (Å²) in [6, 6.07) is 2.69. The SMILES string of the molecule is COc1cc(F)c(N)cc1OCCN1CCOCC1. The highest BCUT2D eigenvalue weighted by Crippen LogP contribution is 2.31. The smallest absolute Gasteiger partial charge is 0.163 e. The Labute approximate surface area is 112 Å². The van der Waals surface area contributed by atoms with E-state index in [0.29, 0.717) is 18.1 Å². The van der Waals surface area contributed by atoms with E-state index in [9.17, 15) is 4.39 Å². The molecule has 2 N–H and O–H groups in total. The molecule has 0 radical (unpaired) electrons. The summed E-state index contributed by atoms with van der Waals surface area (Å²) in [5.74, 6) is 0.320. The van der Waals surface area contributed by atoms with Crippen LogP contribution in [0.15, 0.2) is 12.1 Å². The third-order valence-corrected chi connectivity index (χ3v) is 3.05. The number of ether oxygens (including phenoxy) is 3. The number of rotatable bonds is 5. The minimum Gasteiger partial charge on any atom is -0.493 e. The van der Waals surface area contributed by atoms with Gasteiger partial charge in [-0.1, -0.05) is 0 Å². The molecule has 1 aliphatic rings. The molecule has 0 atom stereocenters. The van der Waals surface area contributed by atoms with Gasteiger partial charge in [-0.05, 0) is 0 Å². The topological polar surface area (TPSA) is 57.0 Å². The Morgan fingerprint density at radius 1 is 1.32 bits per heavy atom. The van der Waals surface area contributed by atoms with Crippen LogP contribution in [0.1, 0.15) is 0 Å².